The molecule has 42 valence electrons. The molecule has 0 aromatic heterocycles. The molecule has 0 spiro atoms. The van der Waals surface area contributed by atoms with E-state index in [0.717, 1.165) is 13.2 Å². The minimum Gasteiger partial charge on any atom is -0.381 e. The lowest BCUT2D eigenvalue weighted by molar-refractivity contribution is 0.167. The van der Waals surface area contributed by atoms with Gasteiger partial charge in [-0.15, -0.1) is 0 Å². The molecule has 0 aromatic carbocycles. The third kappa shape index (κ3) is 1.16. The molecule has 0 radical (unpaired) electrons. The summed E-state index contributed by atoms with van der Waals surface area (Å²) in [5.41, 5.74) is 0.472. The zero-order valence-electron chi connectivity index (χ0n) is 5.03. The van der Waals surface area contributed by atoms with E-state index in [1.54, 1.807) is 0 Å². The largest absolute Gasteiger partial charge is 0.381 e. The highest BCUT2D eigenvalue weighted by Gasteiger charge is 2.22. The molecule has 0 aromatic rings. The van der Waals surface area contributed by atoms with Gasteiger partial charge in [0.25, 0.3) is 0 Å². The van der Waals surface area contributed by atoms with E-state index in [2.05, 4.69) is 13.8 Å². The molecular formula is C6H12O. The highest BCUT2D eigenvalue weighted by molar-refractivity contribution is 4.71. The van der Waals surface area contributed by atoms with Crippen molar-refractivity contribution in [2.45, 2.75) is 20.3 Å². The number of ether oxygens (including phenoxy) is 1. The summed E-state index contributed by atoms with van der Waals surface area (Å²) in [6, 6.07) is 0. The first-order valence-electron chi connectivity index (χ1n) is 2.78. The van der Waals surface area contributed by atoms with Gasteiger partial charge in [-0.3, -0.25) is 0 Å². The third-order valence-corrected chi connectivity index (χ3v) is 1.42. The molecular weight excluding hydrogens is 88.1 g/mol. The Balaban J connectivity index is 2.40. The monoisotopic (exact) mass is 100 g/mol. The molecule has 0 N–H and O–H groups in total. The predicted octanol–water partition coefficient (Wildman–Crippen LogP) is 1.43. The quantitative estimate of drug-likeness (QED) is 0.447. The fourth-order valence-electron chi connectivity index (χ4n) is 0.769. The molecule has 0 saturated carbocycles. The van der Waals surface area contributed by atoms with Crippen LogP contribution in [0.25, 0.3) is 0 Å². The Morgan fingerprint density at radius 1 is 1.43 bits per heavy atom. The molecule has 1 aliphatic heterocycles. The SMILES string of the molecule is CC1(C)CCOC1. The lowest BCUT2D eigenvalue weighted by Crippen LogP contribution is -2.08. The second-order valence-corrected chi connectivity index (χ2v) is 2.97. The van der Waals surface area contributed by atoms with Gasteiger partial charge in [0.05, 0.1) is 6.61 Å². The Morgan fingerprint density at radius 3 is 2.29 bits per heavy atom. The highest BCUT2D eigenvalue weighted by Crippen LogP contribution is 2.25. The maximum absolute atomic E-state index is 5.16. The van der Waals surface area contributed by atoms with E-state index in [0.29, 0.717) is 5.41 Å². The van der Waals surface area contributed by atoms with Crippen LogP contribution in [-0.4, -0.2) is 13.2 Å². The molecule has 0 amide bonds. The van der Waals surface area contributed by atoms with Gasteiger partial charge in [0, 0.05) is 6.61 Å². The summed E-state index contributed by atoms with van der Waals surface area (Å²) in [5.74, 6) is 0. The Hall–Kier alpha value is -0.0400. The predicted molar refractivity (Wildman–Crippen MR) is 29.2 cm³/mol. The van der Waals surface area contributed by atoms with Crippen LogP contribution in [0.4, 0.5) is 0 Å². The lowest BCUT2D eigenvalue weighted by atomic mass is 9.94. The first-order valence-corrected chi connectivity index (χ1v) is 2.78. The fraction of sp³-hybridized carbons (Fsp3) is 1.00. The van der Waals surface area contributed by atoms with Gasteiger partial charge in [-0.05, 0) is 11.8 Å². The molecule has 1 nitrogen and oxygen atoms in total. The van der Waals surface area contributed by atoms with Crippen LogP contribution >= 0.6 is 0 Å². The number of rotatable bonds is 0. The van der Waals surface area contributed by atoms with Gasteiger partial charge in [-0.25, -0.2) is 0 Å². The van der Waals surface area contributed by atoms with Crippen molar-refractivity contribution in [3.63, 3.8) is 0 Å². The molecule has 1 heterocycles. The zero-order chi connectivity index (χ0) is 5.33. The van der Waals surface area contributed by atoms with Crippen LogP contribution in [0.1, 0.15) is 20.3 Å². The van der Waals surface area contributed by atoms with Crippen molar-refractivity contribution in [1.82, 2.24) is 0 Å². The van der Waals surface area contributed by atoms with E-state index in [9.17, 15) is 0 Å². The molecule has 0 atom stereocenters. The molecule has 7 heavy (non-hydrogen) atoms. The summed E-state index contributed by atoms with van der Waals surface area (Å²) in [5, 5.41) is 0. The van der Waals surface area contributed by atoms with Crippen LogP contribution in [0.5, 0.6) is 0 Å². The summed E-state index contributed by atoms with van der Waals surface area (Å²) in [4.78, 5) is 0. The minimum absolute atomic E-state index is 0.472. The van der Waals surface area contributed by atoms with Gasteiger partial charge in [0.2, 0.25) is 0 Å². The Kier molecular flexibility index (Phi) is 1.08. The van der Waals surface area contributed by atoms with E-state index < -0.39 is 0 Å². The van der Waals surface area contributed by atoms with Crippen molar-refractivity contribution >= 4 is 0 Å². The third-order valence-electron chi connectivity index (χ3n) is 1.42. The van der Waals surface area contributed by atoms with Crippen molar-refractivity contribution in [2.75, 3.05) is 13.2 Å². The minimum atomic E-state index is 0.472. The Morgan fingerprint density at radius 2 is 2.14 bits per heavy atom. The second kappa shape index (κ2) is 1.48. The Labute approximate surface area is 44.7 Å². The number of hydrogen-bond donors (Lipinski definition) is 0. The van der Waals surface area contributed by atoms with E-state index in [1.165, 1.54) is 6.42 Å². The maximum Gasteiger partial charge on any atom is 0.0517 e. The lowest BCUT2D eigenvalue weighted by Gasteiger charge is -2.11. The summed E-state index contributed by atoms with van der Waals surface area (Å²) >= 11 is 0. The Bertz CT molecular complexity index is 58.6. The smallest absolute Gasteiger partial charge is 0.0517 e. The molecule has 1 saturated heterocycles. The fourth-order valence-corrected chi connectivity index (χ4v) is 0.769. The summed E-state index contributed by atoms with van der Waals surface area (Å²) in [7, 11) is 0. The van der Waals surface area contributed by atoms with Crippen molar-refractivity contribution in [2.24, 2.45) is 5.41 Å². The van der Waals surface area contributed by atoms with Gasteiger partial charge in [0.1, 0.15) is 0 Å². The van der Waals surface area contributed by atoms with Gasteiger partial charge in [-0.1, -0.05) is 13.8 Å². The standard InChI is InChI=1S/C6H12O/c1-6(2)3-4-7-5-6/h3-5H2,1-2H3. The van der Waals surface area contributed by atoms with Crippen LogP contribution in [0.15, 0.2) is 0 Å². The topological polar surface area (TPSA) is 9.23 Å². The molecule has 1 heteroatoms. The van der Waals surface area contributed by atoms with Crippen molar-refractivity contribution in [1.29, 1.82) is 0 Å². The zero-order valence-corrected chi connectivity index (χ0v) is 5.03. The van der Waals surface area contributed by atoms with E-state index in [4.69, 9.17) is 4.74 Å². The molecule has 1 aliphatic rings. The maximum atomic E-state index is 5.16. The van der Waals surface area contributed by atoms with Crippen LogP contribution in [0.2, 0.25) is 0 Å². The van der Waals surface area contributed by atoms with Crippen molar-refractivity contribution in [3.05, 3.63) is 0 Å². The van der Waals surface area contributed by atoms with Gasteiger partial charge < -0.3 is 4.74 Å². The molecule has 0 bridgehead atoms. The first kappa shape index (κ1) is 5.10. The molecule has 0 aliphatic carbocycles. The van der Waals surface area contributed by atoms with Crippen LogP contribution in [0.3, 0.4) is 0 Å². The van der Waals surface area contributed by atoms with Crippen molar-refractivity contribution in [3.8, 4) is 0 Å². The molecule has 1 fully saturated rings. The summed E-state index contributed by atoms with van der Waals surface area (Å²) < 4.78 is 5.16. The number of hydrogen-bond acceptors (Lipinski definition) is 1. The average Bonchev–Trinajstić information content (AvgIpc) is 1.84. The van der Waals surface area contributed by atoms with Crippen LogP contribution in [-0.2, 0) is 4.74 Å². The molecule has 1 rings (SSSR count). The molecule has 0 unspecified atom stereocenters. The first-order chi connectivity index (χ1) is 3.21. The second-order valence-electron chi connectivity index (χ2n) is 2.97. The van der Waals surface area contributed by atoms with Gasteiger partial charge in [-0.2, -0.15) is 0 Å². The highest BCUT2D eigenvalue weighted by atomic mass is 16.5. The summed E-state index contributed by atoms with van der Waals surface area (Å²) in [6.45, 7) is 6.39. The van der Waals surface area contributed by atoms with E-state index >= 15 is 0 Å². The summed E-state index contributed by atoms with van der Waals surface area (Å²) in [6.07, 6.45) is 1.23. The van der Waals surface area contributed by atoms with E-state index in [1.807, 2.05) is 0 Å². The normalized spacial score (nSPS) is 28.3. The van der Waals surface area contributed by atoms with E-state index in [-0.39, 0.29) is 0 Å². The van der Waals surface area contributed by atoms with Crippen LogP contribution in [0, 0.1) is 5.41 Å². The average molecular weight is 100 g/mol. The van der Waals surface area contributed by atoms with Crippen molar-refractivity contribution < 1.29 is 4.74 Å². The van der Waals surface area contributed by atoms with Crippen LogP contribution < -0.4 is 0 Å². The van der Waals surface area contributed by atoms with Gasteiger partial charge in [0.15, 0.2) is 0 Å². The van der Waals surface area contributed by atoms with Gasteiger partial charge >= 0.3 is 0 Å².